The summed E-state index contributed by atoms with van der Waals surface area (Å²) in [4.78, 5) is 32.8. The first kappa shape index (κ1) is 17.6. The number of piperidine rings is 1. The van der Waals surface area contributed by atoms with Crippen LogP contribution in [0.5, 0.6) is 0 Å². The van der Waals surface area contributed by atoms with Crippen molar-refractivity contribution >= 4 is 29.0 Å². The number of nitrogens with zero attached hydrogens (tertiary/aromatic N) is 4. The number of hydrogen-bond acceptors (Lipinski definition) is 8. The molecular formula is C17H19N5O4. The van der Waals surface area contributed by atoms with Crippen LogP contribution in [-0.2, 0) is 4.74 Å². The van der Waals surface area contributed by atoms with Crippen LogP contribution in [-0.4, -0.2) is 41.1 Å². The van der Waals surface area contributed by atoms with Gasteiger partial charge in [0.2, 0.25) is 11.6 Å². The first-order valence-electron chi connectivity index (χ1n) is 8.30. The topological polar surface area (TPSA) is 110 Å². The van der Waals surface area contributed by atoms with Gasteiger partial charge in [0.25, 0.3) is 0 Å². The molecule has 1 saturated heterocycles. The zero-order valence-corrected chi connectivity index (χ0v) is 14.3. The van der Waals surface area contributed by atoms with Crippen molar-refractivity contribution in [3.8, 4) is 0 Å². The normalized spacial score (nSPS) is 14.0. The second kappa shape index (κ2) is 7.77. The molecule has 1 aromatic heterocycles. The van der Waals surface area contributed by atoms with E-state index in [2.05, 4.69) is 20.0 Å². The number of nitrogens with one attached hydrogen (secondary N) is 1. The van der Waals surface area contributed by atoms with Gasteiger partial charge in [-0.3, -0.25) is 10.1 Å². The van der Waals surface area contributed by atoms with Crippen LogP contribution in [0.2, 0.25) is 0 Å². The summed E-state index contributed by atoms with van der Waals surface area (Å²) in [5.74, 6) is 0.00623. The Hall–Kier alpha value is -3.23. The quantitative estimate of drug-likeness (QED) is 0.494. The van der Waals surface area contributed by atoms with Crippen LogP contribution in [0.25, 0.3) is 0 Å². The summed E-state index contributed by atoms with van der Waals surface area (Å²) in [6.45, 7) is 1.48. The molecule has 1 aliphatic heterocycles. The van der Waals surface area contributed by atoms with Crippen molar-refractivity contribution in [2.75, 3.05) is 30.4 Å². The van der Waals surface area contributed by atoms with Gasteiger partial charge in [-0.2, -0.15) is 0 Å². The van der Waals surface area contributed by atoms with Crippen molar-refractivity contribution in [3.63, 3.8) is 0 Å². The van der Waals surface area contributed by atoms with E-state index >= 15 is 0 Å². The lowest BCUT2D eigenvalue weighted by molar-refractivity contribution is -0.383. The summed E-state index contributed by atoms with van der Waals surface area (Å²) in [7, 11) is 1.31. The standard InChI is InChI=1S/C17H19N5O4/c1-26-17(23)12-5-7-13(8-6-12)20-15-14(22(24)25)16(19-11-18-15)21-9-3-2-4-10-21/h5-8,11H,2-4,9-10H2,1H3,(H,18,19,20). The molecule has 0 radical (unpaired) electrons. The van der Waals surface area contributed by atoms with E-state index in [1.165, 1.54) is 13.4 Å². The zero-order valence-electron chi connectivity index (χ0n) is 14.3. The Morgan fingerprint density at radius 1 is 1.19 bits per heavy atom. The molecule has 1 aliphatic rings. The first-order chi connectivity index (χ1) is 12.6. The monoisotopic (exact) mass is 357 g/mol. The van der Waals surface area contributed by atoms with Gasteiger partial charge >= 0.3 is 11.7 Å². The Morgan fingerprint density at radius 2 is 1.88 bits per heavy atom. The fraction of sp³-hybridized carbons (Fsp3) is 0.353. The Balaban J connectivity index is 1.89. The van der Waals surface area contributed by atoms with Gasteiger partial charge in [-0.15, -0.1) is 0 Å². The third-order valence-corrected chi connectivity index (χ3v) is 4.21. The van der Waals surface area contributed by atoms with Gasteiger partial charge in [-0.25, -0.2) is 14.8 Å². The highest BCUT2D eigenvalue weighted by molar-refractivity contribution is 5.89. The molecule has 0 unspecified atom stereocenters. The van der Waals surface area contributed by atoms with Crippen molar-refractivity contribution in [1.29, 1.82) is 0 Å². The number of rotatable bonds is 5. The summed E-state index contributed by atoms with van der Waals surface area (Å²) in [6, 6.07) is 6.43. The Kier molecular flexibility index (Phi) is 5.26. The van der Waals surface area contributed by atoms with E-state index in [1.807, 2.05) is 4.90 Å². The van der Waals surface area contributed by atoms with E-state index in [1.54, 1.807) is 24.3 Å². The van der Waals surface area contributed by atoms with Crippen LogP contribution in [0.15, 0.2) is 30.6 Å². The number of benzene rings is 1. The lowest BCUT2D eigenvalue weighted by atomic mass is 10.1. The molecule has 0 spiro atoms. The van der Waals surface area contributed by atoms with Gasteiger partial charge in [0.1, 0.15) is 6.33 Å². The maximum Gasteiger partial charge on any atom is 0.353 e. The second-order valence-electron chi connectivity index (χ2n) is 5.89. The Bertz CT molecular complexity index is 803. The van der Waals surface area contributed by atoms with Gasteiger partial charge in [0, 0.05) is 18.8 Å². The van der Waals surface area contributed by atoms with Crippen LogP contribution < -0.4 is 10.2 Å². The summed E-state index contributed by atoms with van der Waals surface area (Å²) < 4.78 is 4.65. The largest absolute Gasteiger partial charge is 0.465 e. The molecule has 136 valence electrons. The van der Waals surface area contributed by atoms with E-state index in [4.69, 9.17) is 0 Å². The number of hydrogen-bond donors (Lipinski definition) is 1. The molecule has 0 saturated carbocycles. The maximum absolute atomic E-state index is 11.7. The number of ether oxygens (including phenoxy) is 1. The van der Waals surface area contributed by atoms with E-state index in [0.29, 0.717) is 17.1 Å². The number of carbonyl (C=O) groups excluding carboxylic acids is 1. The van der Waals surface area contributed by atoms with E-state index < -0.39 is 10.9 Å². The third-order valence-electron chi connectivity index (χ3n) is 4.21. The van der Waals surface area contributed by atoms with Crippen molar-refractivity contribution in [2.24, 2.45) is 0 Å². The number of nitro groups is 1. The molecule has 26 heavy (non-hydrogen) atoms. The molecule has 1 aromatic carbocycles. The van der Waals surface area contributed by atoms with Crippen LogP contribution in [0.4, 0.5) is 23.0 Å². The highest BCUT2D eigenvalue weighted by Crippen LogP contribution is 2.34. The van der Waals surface area contributed by atoms with Crippen LogP contribution in [0.3, 0.4) is 0 Å². The smallest absolute Gasteiger partial charge is 0.353 e. The van der Waals surface area contributed by atoms with Gasteiger partial charge in [0.05, 0.1) is 17.6 Å². The van der Waals surface area contributed by atoms with Crippen LogP contribution in [0, 0.1) is 10.1 Å². The molecule has 0 atom stereocenters. The molecule has 1 N–H and O–H groups in total. The number of aromatic nitrogens is 2. The second-order valence-corrected chi connectivity index (χ2v) is 5.89. The molecular weight excluding hydrogens is 338 g/mol. The number of methoxy groups -OCH3 is 1. The lowest BCUT2D eigenvalue weighted by Crippen LogP contribution is -2.31. The van der Waals surface area contributed by atoms with Crippen LogP contribution in [0.1, 0.15) is 29.6 Å². The maximum atomic E-state index is 11.7. The average Bonchev–Trinajstić information content (AvgIpc) is 2.68. The SMILES string of the molecule is COC(=O)c1ccc(Nc2ncnc(N3CCCCC3)c2[N+](=O)[O-])cc1. The molecule has 2 heterocycles. The van der Waals surface area contributed by atoms with Crippen molar-refractivity contribution < 1.29 is 14.5 Å². The van der Waals surface area contributed by atoms with Gasteiger partial charge < -0.3 is 15.0 Å². The molecule has 0 amide bonds. The molecule has 9 heteroatoms. The lowest BCUT2D eigenvalue weighted by Gasteiger charge is -2.27. The predicted octanol–water partition coefficient (Wildman–Crippen LogP) is 2.91. The summed E-state index contributed by atoms with van der Waals surface area (Å²) in [5, 5.41) is 14.6. The van der Waals surface area contributed by atoms with Gasteiger partial charge in [-0.05, 0) is 43.5 Å². The van der Waals surface area contributed by atoms with E-state index in [9.17, 15) is 14.9 Å². The first-order valence-corrected chi connectivity index (χ1v) is 8.30. The predicted molar refractivity (Wildman–Crippen MR) is 95.8 cm³/mol. The summed E-state index contributed by atoms with van der Waals surface area (Å²) in [5.41, 5.74) is 0.819. The minimum Gasteiger partial charge on any atom is -0.465 e. The molecule has 0 bridgehead atoms. The molecule has 9 nitrogen and oxygen atoms in total. The van der Waals surface area contributed by atoms with Crippen LogP contribution >= 0.6 is 0 Å². The van der Waals surface area contributed by atoms with E-state index in [0.717, 1.165) is 32.4 Å². The zero-order chi connectivity index (χ0) is 18.5. The number of anilines is 3. The van der Waals surface area contributed by atoms with Gasteiger partial charge in [0.15, 0.2) is 0 Å². The van der Waals surface area contributed by atoms with E-state index in [-0.39, 0.29) is 11.5 Å². The fourth-order valence-electron chi connectivity index (χ4n) is 2.91. The third kappa shape index (κ3) is 3.71. The van der Waals surface area contributed by atoms with Crippen molar-refractivity contribution in [3.05, 3.63) is 46.3 Å². The van der Waals surface area contributed by atoms with Crippen molar-refractivity contribution in [2.45, 2.75) is 19.3 Å². The number of esters is 1. The highest BCUT2D eigenvalue weighted by Gasteiger charge is 2.28. The minimum absolute atomic E-state index is 0.122. The molecule has 1 fully saturated rings. The number of carbonyl (C=O) groups is 1. The Labute approximate surface area is 150 Å². The fourth-order valence-corrected chi connectivity index (χ4v) is 2.91. The summed E-state index contributed by atoms with van der Waals surface area (Å²) in [6.07, 6.45) is 4.41. The minimum atomic E-state index is -0.463. The average molecular weight is 357 g/mol. The highest BCUT2D eigenvalue weighted by atomic mass is 16.6. The molecule has 2 aromatic rings. The molecule has 0 aliphatic carbocycles. The molecule has 3 rings (SSSR count). The summed E-state index contributed by atoms with van der Waals surface area (Å²) >= 11 is 0. The Morgan fingerprint density at radius 3 is 2.50 bits per heavy atom. The van der Waals surface area contributed by atoms with Gasteiger partial charge in [-0.1, -0.05) is 0 Å². The van der Waals surface area contributed by atoms with Crippen molar-refractivity contribution in [1.82, 2.24) is 9.97 Å².